The lowest BCUT2D eigenvalue weighted by molar-refractivity contribution is 0.0995. The van der Waals surface area contributed by atoms with E-state index in [1.807, 2.05) is 35.8 Å². The second kappa shape index (κ2) is 5.85. The number of hydrogen-bond acceptors (Lipinski definition) is 4. The van der Waals surface area contributed by atoms with Gasteiger partial charge >= 0.3 is 0 Å². The number of furan rings is 1. The predicted octanol–water partition coefficient (Wildman–Crippen LogP) is 3.12. The monoisotopic (exact) mass is 296 g/mol. The lowest BCUT2D eigenvalue weighted by Gasteiger charge is -2.07. The number of aryl methyl sites for hydroxylation is 2. The van der Waals surface area contributed by atoms with Crippen LogP contribution in [0.5, 0.6) is 0 Å². The third-order valence-corrected chi connectivity index (χ3v) is 3.30. The highest BCUT2D eigenvalue weighted by atomic mass is 16.3. The topological polar surface area (TPSA) is 73.0 Å². The maximum Gasteiger partial charge on any atom is 0.291 e. The van der Waals surface area contributed by atoms with Gasteiger partial charge in [0, 0.05) is 17.8 Å². The van der Waals surface area contributed by atoms with Crippen molar-refractivity contribution in [3.05, 3.63) is 54.2 Å². The maximum atomic E-state index is 12.1. The second-order valence-electron chi connectivity index (χ2n) is 4.89. The summed E-state index contributed by atoms with van der Waals surface area (Å²) in [6.45, 7) is 4.61. The van der Waals surface area contributed by atoms with Crippen molar-refractivity contribution in [2.45, 2.75) is 20.4 Å². The Bertz CT molecular complexity index is 804. The first-order valence-corrected chi connectivity index (χ1v) is 7.03. The average molecular weight is 296 g/mol. The molecule has 0 fully saturated rings. The summed E-state index contributed by atoms with van der Waals surface area (Å²) in [5.74, 6) is 1.49. The van der Waals surface area contributed by atoms with Crippen LogP contribution in [0.1, 0.15) is 23.2 Å². The van der Waals surface area contributed by atoms with Gasteiger partial charge in [-0.25, -0.2) is 0 Å². The van der Waals surface area contributed by atoms with E-state index in [0.717, 1.165) is 17.9 Å². The lowest BCUT2D eigenvalue weighted by atomic mass is 10.2. The van der Waals surface area contributed by atoms with Gasteiger partial charge in [-0.1, -0.05) is 12.1 Å². The number of hydrogen-bond donors (Lipinski definition) is 1. The number of nitrogens with zero attached hydrogens (tertiary/aromatic N) is 3. The zero-order valence-electron chi connectivity index (χ0n) is 12.4. The second-order valence-corrected chi connectivity index (χ2v) is 4.89. The highest BCUT2D eigenvalue weighted by Crippen LogP contribution is 2.21. The molecule has 0 spiro atoms. The fourth-order valence-electron chi connectivity index (χ4n) is 2.20. The van der Waals surface area contributed by atoms with E-state index in [2.05, 4.69) is 15.5 Å². The third-order valence-electron chi connectivity index (χ3n) is 3.30. The van der Waals surface area contributed by atoms with Crippen LogP contribution in [-0.4, -0.2) is 20.7 Å². The minimum Gasteiger partial charge on any atom is -0.456 e. The van der Waals surface area contributed by atoms with Crippen LogP contribution < -0.4 is 5.32 Å². The molecule has 1 aromatic carbocycles. The van der Waals surface area contributed by atoms with Crippen molar-refractivity contribution in [2.75, 3.05) is 5.32 Å². The van der Waals surface area contributed by atoms with Gasteiger partial charge in [0.25, 0.3) is 5.91 Å². The van der Waals surface area contributed by atoms with Crippen LogP contribution in [0.25, 0.3) is 11.4 Å². The Morgan fingerprint density at radius 2 is 2.18 bits per heavy atom. The molecule has 2 aromatic heterocycles. The van der Waals surface area contributed by atoms with Crippen molar-refractivity contribution in [3.63, 3.8) is 0 Å². The van der Waals surface area contributed by atoms with Gasteiger partial charge in [-0.3, -0.25) is 4.79 Å². The van der Waals surface area contributed by atoms with Gasteiger partial charge < -0.3 is 14.3 Å². The first kappa shape index (κ1) is 14.1. The van der Waals surface area contributed by atoms with Crippen LogP contribution in [0.2, 0.25) is 0 Å². The molecule has 0 aliphatic rings. The maximum absolute atomic E-state index is 12.1. The number of carbonyl (C=O) groups is 1. The number of anilines is 1. The molecule has 22 heavy (non-hydrogen) atoms. The van der Waals surface area contributed by atoms with Gasteiger partial charge in [0.1, 0.15) is 12.1 Å². The van der Waals surface area contributed by atoms with Crippen LogP contribution in [0, 0.1) is 6.92 Å². The molecule has 112 valence electrons. The summed E-state index contributed by atoms with van der Waals surface area (Å²) >= 11 is 0. The smallest absolute Gasteiger partial charge is 0.291 e. The van der Waals surface area contributed by atoms with E-state index < -0.39 is 0 Å². The van der Waals surface area contributed by atoms with Crippen molar-refractivity contribution in [3.8, 4) is 11.4 Å². The minimum atomic E-state index is -0.276. The van der Waals surface area contributed by atoms with Gasteiger partial charge in [-0.15, -0.1) is 10.2 Å². The first-order valence-electron chi connectivity index (χ1n) is 7.03. The van der Waals surface area contributed by atoms with Crippen molar-refractivity contribution >= 4 is 11.6 Å². The van der Waals surface area contributed by atoms with Crippen molar-refractivity contribution in [1.82, 2.24) is 14.8 Å². The molecule has 0 radical (unpaired) electrons. The Labute approximate surface area is 127 Å². The van der Waals surface area contributed by atoms with E-state index in [4.69, 9.17) is 4.42 Å². The minimum absolute atomic E-state index is 0.276. The van der Waals surface area contributed by atoms with E-state index in [0.29, 0.717) is 17.2 Å². The fourth-order valence-corrected chi connectivity index (χ4v) is 2.20. The van der Waals surface area contributed by atoms with Gasteiger partial charge in [0.2, 0.25) is 0 Å². The Balaban J connectivity index is 1.84. The fraction of sp³-hybridized carbons (Fsp3) is 0.188. The van der Waals surface area contributed by atoms with Gasteiger partial charge in [-0.05, 0) is 38.1 Å². The van der Waals surface area contributed by atoms with E-state index in [1.165, 1.54) is 0 Å². The van der Waals surface area contributed by atoms with Crippen molar-refractivity contribution in [1.29, 1.82) is 0 Å². The summed E-state index contributed by atoms with van der Waals surface area (Å²) < 4.78 is 7.26. The number of amides is 1. The standard InChI is InChI=1S/C16H16N4O2/c1-3-20-10-17-19-15(20)12-5-4-6-13(9-12)18-16(21)14-8-7-11(2)22-14/h4-10H,3H2,1-2H3,(H,18,21). The molecule has 0 bridgehead atoms. The normalized spacial score (nSPS) is 10.6. The number of benzene rings is 1. The molecule has 0 saturated heterocycles. The van der Waals surface area contributed by atoms with E-state index in [1.54, 1.807) is 25.4 Å². The molecule has 0 atom stereocenters. The molecule has 2 heterocycles. The summed E-state index contributed by atoms with van der Waals surface area (Å²) in [6.07, 6.45) is 1.69. The molecule has 6 heteroatoms. The van der Waals surface area contributed by atoms with Crippen LogP contribution in [-0.2, 0) is 6.54 Å². The number of carbonyl (C=O) groups excluding carboxylic acids is 1. The number of aromatic nitrogens is 3. The largest absolute Gasteiger partial charge is 0.456 e. The molecule has 6 nitrogen and oxygen atoms in total. The molecule has 0 saturated carbocycles. The number of nitrogens with one attached hydrogen (secondary N) is 1. The molecule has 0 unspecified atom stereocenters. The Morgan fingerprint density at radius 1 is 1.32 bits per heavy atom. The molecular formula is C16H16N4O2. The van der Waals surface area contributed by atoms with Crippen LogP contribution in [0.3, 0.4) is 0 Å². The lowest BCUT2D eigenvalue weighted by Crippen LogP contribution is -2.10. The molecule has 1 amide bonds. The molecule has 0 aliphatic carbocycles. The Hall–Kier alpha value is -2.89. The molecule has 0 aliphatic heterocycles. The molecular weight excluding hydrogens is 280 g/mol. The summed E-state index contributed by atoms with van der Waals surface area (Å²) in [4.78, 5) is 12.1. The third kappa shape index (κ3) is 2.76. The Morgan fingerprint density at radius 3 is 2.91 bits per heavy atom. The SMILES string of the molecule is CCn1cnnc1-c1cccc(NC(=O)c2ccc(C)o2)c1. The summed E-state index contributed by atoms with van der Waals surface area (Å²) in [5, 5.41) is 10.9. The van der Waals surface area contributed by atoms with Gasteiger partial charge in [-0.2, -0.15) is 0 Å². The van der Waals surface area contributed by atoms with Crippen LogP contribution in [0.4, 0.5) is 5.69 Å². The zero-order valence-corrected chi connectivity index (χ0v) is 12.4. The van der Waals surface area contributed by atoms with E-state index >= 15 is 0 Å². The zero-order chi connectivity index (χ0) is 15.5. The number of rotatable bonds is 4. The molecule has 1 N–H and O–H groups in total. The summed E-state index contributed by atoms with van der Waals surface area (Å²) in [5.41, 5.74) is 1.58. The summed E-state index contributed by atoms with van der Waals surface area (Å²) in [7, 11) is 0. The molecule has 3 aromatic rings. The quantitative estimate of drug-likeness (QED) is 0.802. The van der Waals surface area contributed by atoms with Gasteiger partial charge in [0.05, 0.1) is 0 Å². The first-order chi connectivity index (χ1) is 10.7. The highest BCUT2D eigenvalue weighted by molar-refractivity contribution is 6.02. The predicted molar refractivity (Wildman–Crippen MR) is 82.5 cm³/mol. The molecule has 3 rings (SSSR count). The average Bonchev–Trinajstić information content (AvgIpc) is 3.15. The van der Waals surface area contributed by atoms with Crippen molar-refractivity contribution in [2.24, 2.45) is 0 Å². The van der Waals surface area contributed by atoms with E-state index in [-0.39, 0.29) is 5.91 Å². The van der Waals surface area contributed by atoms with Crippen molar-refractivity contribution < 1.29 is 9.21 Å². The Kier molecular flexibility index (Phi) is 3.74. The summed E-state index contributed by atoms with van der Waals surface area (Å²) in [6, 6.07) is 10.9. The van der Waals surface area contributed by atoms with Crippen LogP contribution in [0.15, 0.2) is 47.1 Å². The van der Waals surface area contributed by atoms with Crippen LogP contribution >= 0.6 is 0 Å². The van der Waals surface area contributed by atoms with Gasteiger partial charge in [0.15, 0.2) is 11.6 Å². The van der Waals surface area contributed by atoms with E-state index in [9.17, 15) is 4.79 Å². The highest BCUT2D eigenvalue weighted by Gasteiger charge is 2.12.